The lowest BCUT2D eigenvalue weighted by atomic mass is 10.0. The lowest BCUT2D eigenvalue weighted by Gasteiger charge is -2.27. The number of hydrogen-bond acceptors (Lipinski definition) is 9. The Morgan fingerprint density at radius 1 is 1.07 bits per heavy atom. The standard InChI is InChI=1S/C30H33F3N6O5S/c1-19-3-4-21(15-26(19)44-27-7-9-34-29(37-27)36-24-8-10-39(18-24)20(2)40)28(41)35-23-6-5-22(25(16-23)30(31,32)33)17-38-11-13-45(42,43)14-12-38/h3-7,9,15-16,24H,8,10-14,17-18H2,1-2H3,(H,35,41)(H,34,36,37). The quantitative estimate of drug-likeness (QED) is 0.371. The van der Waals surface area contributed by atoms with Crippen LogP contribution in [0.5, 0.6) is 11.6 Å². The van der Waals surface area contributed by atoms with E-state index in [2.05, 4.69) is 20.6 Å². The van der Waals surface area contributed by atoms with E-state index < -0.39 is 27.5 Å². The molecule has 2 aliphatic rings. The van der Waals surface area contributed by atoms with Gasteiger partial charge in [0.1, 0.15) is 5.75 Å². The number of aryl methyl sites for hydroxylation is 1. The summed E-state index contributed by atoms with van der Waals surface area (Å²) in [6.07, 6.45) is -2.41. The average molecular weight is 647 g/mol. The average Bonchev–Trinajstić information content (AvgIpc) is 3.44. The third-order valence-electron chi connectivity index (χ3n) is 7.77. The maximum absolute atomic E-state index is 14.0. The highest BCUT2D eigenvalue weighted by atomic mass is 32.2. The fourth-order valence-electron chi connectivity index (χ4n) is 5.19. The van der Waals surface area contributed by atoms with Crippen molar-refractivity contribution in [2.75, 3.05) is 48.3 Å². The van der Waals surface area contributed by atoms with Gasteiger partial charge in [-0.1, -0.05) is 12.1 Å². The second kappa shape index (κ2) is 13.0. The minimum atomic E-state index is -4.68. The number of sulfone groups is 1. The maximum Gasteiger partial charge on any atom is 0.416 e. The molecule has 0 spiro atoms. The smallest absolute Gasteiger partial charge is 0.416 e. The molecule has 2 fully saturated rings. The predicted molar refractivity (Wildman–Crippen MR) is 161 cm³/mol. The number of rotatable bonds is 8. The van der Waals surface area contributed by atoms with E-state index in [1.165, 1.54) is 37.4 Å². The van der Waals surface area contributed by atoms with Crippen molar-refractivity contribution >= 4 is 33.3 Å². The van der Waals surface area contributed by atoms with E-state index in [9.17, 15) is 31.2 Å². The minimum Gasteiger partial charge on any atom is -0.439 e. The highest BCUT2D eigenvalue weighted by Crippen LogP contribution is 2.35. The number of carbonyl (C=O) groups is 2. The second-order valence-electron chi connectivity index (χ2n) is 11.1. The first-order chi connectivity index (χ1) is 21.3. The van der Waals surface area contributed by atoms with Gasteiger partial charge < -0.3 is 20.3 Å². The monoisotopic (exact) mass is 646 g/mol. The van der Waals surface area contributed by atoms with Gasteiger partial charge in [0.2, 0.25) is 17.7 Å². The van der Waals surface area contributed by atoms with Gasteiger partial charge in [0.05, 0.1) is 17.1 Å². The Bertz CT molecular complexity index is 1690. The van der Waals surface area contributed by atoms with Crippen LogP contribution in [0.4, 0.5) is 24.8 Å². The van der Waals surface area contributed by atoms with Crippen molar-refractivity contribution in [3.63, 3.8) is 0 Å². The van der Waals surface area contributed by atoms with Gasteiger partial charge in [0, 0.05) is 69.2 Å². The van der Waals surface area contributed by atoms with Crippen molar-refractivity contribution < 1.29 is 35.9 Å². The van der Waals surface area contributed by atoms with Gasteiger partial charge in [-0.25, -0.2) is 13.4 Å². The molecule has 45 heavy (non-hydrogen) atoms. The predicted octanol–water partition coefficient (Wildman–Crippen LogP) is 4.11. The minimum absolute atomic E-state index is 0.00329. The van der Waals surface area contributed by atoms with Crippen molar-refractivity contribution in [3.05, 3.63) is 70.9 Å². The van der Waals surface area contributed by atoms with E-state index in [4.69, 9.17) is 4.74 Å². The van der Waals surface area contributed by atoms with Crippen molar-refractivity contribution in [2.45, 2.75) is 39.0 Å². The Morgan fingerprint density at radius 2 is 1.82 bits per heavy atom. The van der Waals surface area contributed by atoms with E-state index in [0.717, 1.165) is 12.5 Å². The molecule has 0 saturated carbocycles. The molecule has 2 aliphatic heterocycles. The van der Waals surface area contributed by atoms with Crippen LogP contribution in [0, 0.1) is 6.92 Å². The fourth-order valence-corrected chi connectivity index (χ4v) is 6.46. The summed E-state index contributed by atoms with van der Waals surface area (Å²) in [6.45, 7) is 4.74. The molecule has 1 atom stereocenters. The molecule has 240 valence electrons. The zero-order chi connectivity index (χ0) is 32.4. The van der Waals surface area contributed by atoms with Crippen molar-refractivity contribution in [1.82, 2.24) is 19.8 Å². The highest BCUT2D eigenvalue weighted by Gasteiger charge is 2.35. The zero-order valence-electron chi connectivity index (χ0n) is 24.7. The zero-order valence-corrected chi connectivity index (χ0v) is 25.5. The molecule has 0 aliphatic carbocycles. The molecule has 15 heteroatoms. The number of benzene rings is 2. The van der Waals surface area contributed by atoms with Crippen molar-refractivity contribution in [2.24, 2.45) is 0 Å². The molecular weight excluding hydrogens is 613 g/mol. The van der Waals surface area contributed by atoms with Crippen molar-refractivity contribution in [3.8, 4) is 11.6 Å². The van der Waals surface area contributed by atoms with Gasteiger partial charge in [0.15, 0.2) is 9.84 Å². The largest absolute Gasteiger partial charge is 0.439 e. The molecule has 3 heterocycles. The van der Waals surface area contributed by atoms with Crippen LogP contribution in [-0.4, -0.2) is 83.7 Å². The lowest BCUT2D eigenvalue weighted by molar-refractivity contribution is -0.138. The van der Waals surface area contributed by atoms with Crippen LogP contribution in [0.25, 0.3) is 0 Å². The number of alkyl halides is 3. The molecular formula is C30H33F3N6O5S. The van der Waals surface area contributed by atoms with Gasteiger partial charge in [-0.3, -0.25) is 14.5 Å². The second-order valence-corrected chi connectivity index (χ2v) is 13.5. The molecule has 0 bridgehead atoms. The Hall–Kier alpha value is -4.24. The molecule has 0 radical (unpaired) electrons. The Morgan fingerprint density at radius 3 is 2.51 bits per heavy atom. The highest BCUT2D eigenvalue weighted by molar-refractivity contribution is 7.91. The van der Waals surface area contributed by atoms with Crippen LogP contribution in [0.3, 0.4) is 0 Å². The summed E-state index contributed by atoms with van der Waals surface area (Å²) in [5.74, 6) is 0.0379. The SMILES string of the molecule is CC(=O)N1CCC(Nc2nccc(Oc3cc(C(=O)Nc4ccc(CN5CCS(=O)(=O)CC5)c(C(F)(F)F)c4)ccc3C)n2)C1. The van der Waals surface area contributed by atoms with E-state index in [0.29, 0.717) is 30.4 Å². The summed E-state index contributed by atoms with van der Waals surface area (Å²) in [6, 6.07) is 9.79. The number of halogens is 3. The molecule has 2 aromatic carbocycles. The summed E-state index contributed by atoms with van der Waals surface area (Å²) in [7, 11) is -3.17. The van der Waals surface area contributed by atoms with E-state index in [1.807, 2.05) is 0 Å². The third kappa shape index (κ3) is 8.28. The topological polar surface area (TPSA) is 134 Å². The summed E-state index contributed by atoms with van der Waals surface area (Å²) < 4.78 is 71.3. The van der Waals surface area contributed by atoms with Gasteiger partial charge in [-0.15, -0.1) is 0 Å². The number of nitrogens with zero attached hydrogens (tertiary/aromatic N) is 4. The van der Waals surface area contributed by atoms with Crippen LogP contribution in [0.1, 0.15) is 40.4 Å². The number of amides is 2. The number of likely N-dealkylation sites (tertiary alicyclic amines) is 1. The fraction of sp³-hybridized carbons (Fsp3) is 0.400. The molecule has 5 rings (SSSR count). The van der Waals surface area contributed by atoms with E-state index in [1.54, 1.807) is 28.9 Å². The van der Waals surface area contributed by atoms with Crippen LogP contribution >= 0.6 is 0 Å². The number of hydrogen-bond donors (Lipinski definition) is 2. The number of ether oxygens (including phenoxy) is 1. The molecule has 3 aromatic rings. The van der Waals surface area contributed by atoms with E-state index >= 15 is 0 Å². The molecule has 1 aromatic heterocycles. The Kier molecular flexibility index (Phi) is 9.30. The first-order valence-corrected chi connectivity index (χ1v) is 16.2. The molecule has 2 saturated heterocycles. The Balaban J connectivity index is 1.27. The summed E-state index contributed by atoms with van der Waals surface area (Å²) in [5, 5.41) is 5.73. The lowest BCUT2D eigenvalue weighted by Crippen LogP contribution is -2.40. The summed E-state index contributed by atoms with van der Waals surface area (Å²) >= 11 is 0. The molecule has 2 N–H and O–H groups in total. The molecule has 11 nitrogen and oxygen atoms in total. The van der Waals surface area contributed by atoms with Gasteiger partial charge in [0.25, 0.3) is 5.91 Å². The third-order valence-corrected chi connectivity index (χ3v) is 9.37. The van der Waals surface area contributed by atoms with Crippen LogP contribution < -0.4 is 15.4 Å². The van der Waals surface area contributed by atoms with Gasteiger partial charge in [-0.2, -0.15) is 18.2 Å². The van der Waals surface area contributed by atoms with Gasteiger partial charge >= 0.3 is 6.18 Å². The van der Waals surface area contributed by atoms with E-state index in [-0.39, 0.29) is 65.8 Å². The first-order valence-electron chi connectivity index (χ1n) is 14.3. The number of nitrogens with one attached hydrogen (secondary N) is 2. The summed E-state index contributed by atoms with van der Waals surface area (Å²) in [4.78, 5) is 36.7. The molecule has 2 amide bonds. The van der Waals surface area contributed by atoms with Gasteiger partial charge in [-0.05, 0) is 48.7 Å². The van der Waals surface area contributed by atoms with Crippen LogP contribution in [0.2, 0.25) is 0 Å². The van der Waals surface area contributed by atoms with Crippen molar-refractivity contribution in [1.29, 1.82) is 0 Å². The Labute approximate surface area is 258 Å². The first kappa shape index (κ1) is 32.2. The molecule has 1 unspecified atom stereocenters. The number of anilines is 2. The van der Waals surface area contributed by atoms with Crippen LogP contribution in [-0.2, 0) is 27.4 Å². The number of carbonyl (C=O) groups excluding carboxylic acids is 2. The normalized spacial score (nSPS) is 18.4. The van der Waals surface area contributed by atoms with Crippen LogP contribution in [0.15, 0.2) is 48.7 Å². The maximum atomic E-state index is 14.0. The number of aromatic nitrogens is 2. The summed E-state index contributed by atoms with van der Waals surface area (Å²) in [5.41, 5.74) is -0.0931.